The van der Waals surface area contributed by atoms with Gasteiger partial charge in [0.15, 0.2) is 0 Å². The van der Waals surface area contributed by atoms with Gasteiger partial charge in [-0.2, -0.15) is 5.26 Å². The zero-order valence-corrected chi connectivity index (χ0v) is 15.2. The zero-order valence-electron chi connectivity index (χ0n) is 15.2. The van der Waals surface area contributed by atoms with Gasteiger partial charge in [0.1, 0.15) is 11.7 Å². The number of hydrogen-bond acceptors (Lipinski definition) is 5. The molecular formula is C20H20N4O3. The van der Waals surface area contributed by atoms with Crippen LogP contribution in [0.5, 0.6) is 0 Å². The number of fused-ring (bicyclic) bond motifs is 1. The average molecular weight is 364 g/mol. The number of aromatic nitrogens is 1. The molecular weight excluding hydrogens is 344 g/mol. The van der Waals surface area contributed by atoms with Crippen LogP contribution in [0.2, 0.25) is 0 Å². The second-order valence-electron chi connectivity index (χ2n) is 6.29. The summed E-state index contributed by atoms with van der Waals surface area (Å²) in [6.45, 7) is 2.87. The Morgan fingerprint density at radius 3 is 2.74 bits per heavy atom. The van der Waals surface area contributed by atoms with Crippen molar-refractivity contribution in [2.45, 2.75) is 19.5 Å². The summed E-state index contributed by atoms with van der Waals surface area (Å²) in [5, 5.41) is 11.7. The van der Waals surface area contributed by atoms with E-state index in [4.69, 9.17) is 10.00 Å². The molecule has 0 aliphatic carbocycles. The zero-order chi connectivity index (χ0) is 19.4. The maximum Gasteiger partial charge on any atom is 0.273 e. The summed E-state index contributed by atoms with van der Waals surface area (Å²) >= 11 is 0. The van der Waals surface area contributed by atoms with Gasteiger partial charge in [0.05, 0.1) is 23.9 Å². The van der Waals surface area contributed by atoms with Gasteiger partial charge in [-0.3, -0.25) is 9.59 Å². The number of hydrogen-bond donors (Lipinski definition) is 1. The Balaban J connectivity index is 1.77. The highest BCUT2D eigenvalue weighted by Crippen LogP contribution is 2.27. The summed E-state index contributed by atoms with van der Waals surface area (Å²) in [7, 11) is 1.56. The van der Waals surface area contributed by atoms with E-state index in [1.165, 1.54) is 4.90 Å². The minimum absolute atomic E-state index is 0.222. The van der Waals surface area contributed by atoms with Crippen LogP contribution in [0, 0.1) is 11.3 Å². The van der Waals surface area contributed by atoms with Crippen LogP contribution in [-0.4, -0.2) is 48.0 Å². The van der Waals surface area contributed by atoms with Crippen LogP contribution in [0.25, 0.3) is 11.3 Å². The molecule has 3 rings (SSSR count). The molecule has 27 heavy (non-hydrogen) atoms. The molecule has 1 aliphatic rings. The Morgan fingerprint density at radius 1 is 1.33 bits per heavy atom. The van der Waals surface area contributed by atoms with Crippen LogP contribution in [-0.2, 0) is 16.1 Å². The molecule has 7 heteroatoms. The summed E-state index contributed by atoms with van der Waals surface area (Å²) < 4.78 is 4.92. The SMILES string of the molecule is COCCNC(=O)[C@@H](C)N1Cc2ccc(-c3ccc(C#N)cc3)nc2C1=O. The van der Waals surface area contributed by atoms with Crippen molar-refractivity contribution in [3.8, 4) is 17.3 Å². The lowest BCUT2D eigenvalue weighted by Gasteiger charge is -2.23. The van der Waals surface area contributed by atoms with Crippen LogP contribution in [0.15, 0.2) is 36.4 Å². The summed E-state index contributed by atoms with van der Waals surface area (Å²) in [6, 6.07) is 12.2. The van der Waals surface area contributed by atoms with E-state index in [0.29, 0.717) is 36.6 Å². The summed E-state index contributed by atoms with van der Waals surface area (Å²) in [5.74, 6) is -0.476. The molecule has 0 fully saturated rings. The molecule has 1 N–H and O–H groups in total. The summed E-state index contributed by atoms with van der Waals surface area (Å²) in [5.41, 5.74) is 3.22. The Bertz CT molecular complexity index is 902. The van der Waals surface area contributed by atoms with Gasteiger partial charge in [-0.15, -0.1) is 0 Å². The van der Waals surface area contributed by atoms with E-state index < -0.39 is 6.04 Å². The number of methoxy groups -OCH3 is 1. The lowest BCUT2D eigenvalue weighted by Crippen LogP contribution is -2.46. The normalized spacial score (nSPS) is 13.8. The van der Waals surface area contributed by atoms with Crippen molar-refractivity contribution in [1.29, 1.82) is 5.26 Å². The van der Waals surface area contributed by atoms with E-state index >= 15 is 0 Å². The maximum atomic E-state index is 12.8. The number of nitrogens with one attached hydrogen (secondary N) is 1. The number of nitrogens with zero attached hydrogens (tertiary/aromatic N) is 3. The van der Waals surface area contributed by atoms with Crippen LogP contribution in [0.4, 0.5) is 0 Å². The molecule has 2 aromatic rings. The third kappa shape index (κ3) is 3.81. The molecule has 2 heterocycles. The highest BCUT2D eigenvalue weighted by atomic mass is 16.5. The lowest BCUT2D eigenvalue weighted by molar-refractivity contribution is -0.125. The Kier molecular flexibility index (Phi) is 5.48. The highest BCUT2D eigenvalue weighted by Gasteiger charge is 2.35. The number of benzene rings is 1. The Labute approximate surface area is 157 Å². The first-order valence-corrected chi connectivity index (χ1v) is 8.63. The molecule has 0 saturated carbocycles. The number of amides is 2. The van der Waals surface area contributed by atoms with Crippen molar-refractivity contribution in [2.75, 3.05) is 20.3 Å². The second-order valence-corrected chi connectivity index (χ2v) is 6.29. The van der Waals surface area contributed by atoms with Crippen LogP contribution < -0.4 is 5.32 Å². The molecule has 138 valence electrons. The number of ether oxygens (including phenoxy) is 1. The molecule has 0 bridgehead atoms. The Morgan fingerprint density at radius 2 is 2.07 bits per heavy atom. The van der Waals surface area contributed by atoms with E-state index in [2.05, 4.69) is 16.4 Å². The van der Waals surface area contributed by atoms with Crippen molar-refractivity contribution < 1.29 is 14.3 Å². The topological polar surface area (TPSA) is 95.3 Å². The third-order valence-corrected chi connectivity index (χ3v) is 4.55. The van der Waals surface area contributed by atoms with Crippen LogP contribution >= 0.6 is 0 Å². The van der Waals surface area contributed by atoms with Gasteiger partial charge in [0, 0.05) is 31.3 Å². The molecule has 7 nitrogen and oxygen atoms in total. The predicted octanol–water partition coefficient (Wildman–Crippen LogP) is 1.73. The predicted molar refractivity (Wildman–Crippen MR) is 98.6 cm³/mol. The van der Waals surface area contributed by atoms with Gasteiger partial charge in [-0.1, -0.05) is 18.2 Å². The van der Waals surface area contributed by atoms with Gasteiger partial charge in [-0.05, 0) is 25.1 Å². The van der Waals surface area contributed by atoms with Crippen molar-refractivity contribution in [3.05, 3.63) is 53.2 Å². The number of pyridine rings is 1. The van der Waals surface area contributed by atoms with Crippen molar-refractivity contribution in [2.24, 2.45) is 0 Å². The van der Waals surface area contributed by atoms with E-state index in [9.17, 15) is 9.59 Å². The molecule has 1 aromatic carbocycles. The van der Waals surface area contributed by atoms with Crippen molar-refractivity contribution in [3.63, 3.8) is 0 Å². The van der Waals surface area contributed by atoms with Gasteiger partial charge in [-0.25, -0.2) is 4.98 Å². The minimum Gasteiger partial charge on any atom is -0.383 e. The maximum absolute atomic E-state index is 12.8. The number of nitriles is 1. The molecule has 1 atom stereocenters. The largest absolute Gasteiger partial charge is 0.383 e. The first-order valence-electron chi connectivity index (χ1n) is 8.63. The first kappa shape index (κ1) is 18.5. The molecule has 0 spiro atoms. The molecule has 0 unspecified atom stereocenters. The standard InChI is InChI=1S/C20H20N4O3/c1-13(19(25)22-9-10-27-2)24-12-16-7-8-17(23-18(16)20(24)26)15-5-3-14(11-21)4-6-15/h3-8,13H,9-10,12H2,1-2H3,(H,22,25)/t13-/m1/s1. The van der Waals surface area contributed by atoms with Crippen molar-refractivity contribution in [1.82, 2.24) is 15.2 Å². The monoisotopic (exact) mass is 364 g/mol. The van der Waals surface area contributed by atoms with Gasteiger partial charge in [0.25, 0.3) is 5.91 Å². The number of carbonyl (C=O) groups is 2. The summed E-state index contributed by atoms with van der Waals surface area (Å²) in [6.07, 6.45) is 0. The minimum atomic E-state index is -0.595. The van der Waals surface area contributed by atoms with E-state index in [1.807, 2.05) is 12.1 Å². The average Bonchev–Trinajstić information content (AvgIpc) is 3.03. The van der Waals surface area contributed by atoms with E-state index in [0.717, 1.165) is 11.1 Å². The quantitative estimate of drug-likeness (QED) is 0.788. The highest BCUT2D eigenvalue weighted by molar-refractivity contribution is 5.99. The van der Waals surface area contributed by atoms with Gasteiger partial charge < -0.3 is 15.0 Å². The number of rotatable bonds is 6. The van der Waals surface area contributed by atoms with Gasteiger partial charge >= 0.3 is 0 Å². The molecule has 2 amide bonds. The van der Waals surface area contributed by atoms with E-state index in [-0.39, 0.29) is 11.8 Å². The van der Waals surface area contributed by atoms with E-state index in [1.54, 1.807) is 38.3 Å². The Hall–Kier alpha value is -3.24. The van der Waals surface area contributed by atoms with Crippen molar-refractivity contribution >= 4 is 11.8 Å². The smallest absolute Gasteiger partial charge is 0.273 e. The lowest BCUT2D eigenvalue weighted by atomic mass is 10.1. The van der Waals surface area contributed by atoms with Gasteiger partial charge in [0.2, 0.25) is 5.91 Å². The molecule has 1 aliphatic heterocycles. The van der Waals surface area contributed by atoms with Crippen LogP contribution in [0.3, 0.4) is 0 Å². The molecule has 0 saturated heterocycles. The fraction of sp³-hybridized carbons (Fsp3) is 0.300. The molecule has 0 radical (unpaired) electrons. The first-order chi connectivity index (χ1) is 13.0. The third-order valence-electron chi connectivity index (χ3n) is 4.55. The molecule has 1 aromatic heterocycles. The number of carbonyl (C=O) groups excluding carboxylic acids is 2. The van der Waals surface area contributed by atoms with Crippen LogP contribution in [0.1, 0.15) is 28.5 Å². The fourth-order valence-electron chi connectivity index (χ4n) is 2.95. The second kappa shape index (κ2) is 7.98. The summed E-state index contributed by atoms with van der Waals surface area (Å²) in [4.78, 5) is 31.0. The fourth-order valence-corrected chi connectivity index (χ4v) is 2.95.